The van der Waals surface area contributed by atoms with E-state index in [0.717, 1.165) is 5.56 Å². The van der Waals surface area contributed by atoms with E-state index in [9.17, 15) is 14.7 Å². The third kappa shape index (κ3) is 5.47. The summed E-state index contributed by atoms with van der Waals surface area (Å²) < 4.78 is 10.6. The maximum atomic E-state index is 12.1. The number of likely N-dealkylation sites (N-methyl/N-ethyl adjacent to an activating group) is 1. The quantitative estimate of drug-likeness (QED) is 0.394. The molecule has 1 aliphatic rings. The minimum Gasteiger partial charge on any atom is -0.369 e. The van der Waals surface area contributed by atoms with Crippen LogP contribution < -0.4 is 5.73 Å². The SMILES string of the molecule is CCOCOCc1cc(C(N)=O)nc(-c2cccc(C#C[C@]3(O)CCN(C)C3=O)c2)c1. The van der Waals surface area contributed by atoms with Gasteiger partial charge in [0.15, 0.2) is 0 Å². The number of ether oxygens (including phenoxy) is 2. The highest BCUT2D eigenvalue weighted by molar-refractivity contribution is 5.92. The van der Waals surface area contributed by atoms with Gasteiger partial charge in [-0.1, -0.05) is 24.0 Å². The summed E-state index contributed by atoms with van der Waals surface area (Å²) in [5, 5.41) is 10.5. The van der Waals surface area contributed by atoms with Crippen LogP contribution in [0.4, 0.5) is 0 Å². The van der Waals surface area contributed by atoms with Crippen LogP contribution in [0.1, 0.15) is 35.0 Å². The summed E-state index contributed by atoms with van der Waals surface area (Å²) in [7, 11) is 1.63. The van der Waals surface area contributed by atoms with Crippen molar-refractivity contribution in [2.24, 2.45) is 5.73 Å². The molecule has 3 N–H and O–H groups in total. The Bertz CT molecular complexity index is 1040. The number of aliphatic hydroxyl groups is 1. The Balaban J connectivity index is 1.88. The first-order valence-electron chi connectivity index (χ1n) is 9.90. The zero-order valence-electron chi connectivity index (χ0n) is 17.6. The van der Waals surface area contributed by atoms with Crippen molar-refractivity contribution >= 4 is 11.8 Å². The molecule has 0 spiro atoms. The van der Waals surface area contributed by atoms with Gasteiger partial charge < -0.3 is 25.2 Å². The summed E-state index contributed by atoms with van der Waals surface area (Å²) in [6, 6.07) is 10.5. The summed E-state index contributed by atoms with van der Waals surface area (Å²) in [6.45, 7) is 3.25. The fourth-order valence-electron chi connectivity index (χ4n) is 3.15. The molecular formula is C23H25N3O5. The van der Waals surface area contributed by atoms with Crippen molar-refractivity contribution in [1.29, 1.82) is 0 Å². The summed E-state index contributed by atoms with van der Waals surface area (Å²) in [6.07, 6.45) is 0.266. The van der Waals surface area contributed by atoms with Gasteiger partial charge in [0.2, 0.25) is 5.60 Å². The number of rotatable bonds is 7. The zero-order valence-corrected chi connectivity index (χ0v) is 17.6. The Hall–Kier alpha value is -3.25. The topological polar surface area (TPSA) is 115 Å². The normalized spacial score (nSPS) is 18.0. The van der Waals surface area contributed by atoms with Gasteiger partial charge in [-0.2, -0.15) is 0 Å². The van der Waals surface area contributed by atoms with Crippen LogP contribution in [0.3, 0.4) is 0 Å². The van der Waals surface area contributed by atoms with E-state index < -0.39 is 17.4 Å². The molecule has 2 heterocycles. The van der Waals surface area contributed by atoms with Gasteiger partial charge in [-0.3, -0.25) is 9.59 Å². The molecule has 1 aliphatic heterocycles. The second-order valence-electron chi connectivity index (χ2n) is 7.24. The average Bonchev–Trinajstić information content (AvgIpc) is 3.03. The molecule has 31 heavy (non-hydrogen) atoms. The number of hydrogen-bond acceptors (Lipinski definition) is 6. The third-order valence-corrected chi connectivity index (χ3v) is 4.86. The number of pyridine rings is 1. The summed E-state index contributed by atoms with van der Waals surface area (Å²) in [4.78, 5) is 29.6. The first-order valence-corrected chi connectivity index (χ1v) is 9.90. The highest BCUT2D eigenvalue weighted by atomic mass is 16.7. The molecule has 0 bridgehead atoms. The molecule has 1 saturated heterocycles. The van der Waals surface area contributed by atoms with E-state index in [-0.39, 0.29) is 25.5 Å². The number of carbonyl (C=O) groups is 2. The summed E-state index contributed by atoms with van der Waals surface area (Å²) >= 11 is 0. The number of amides is 2. The van der Waals surface area contributed by atoms with Gasteiger partial charge in [0.25, 0.3) is 11.8 Å². The Morgan fingerprint density at radius 2 is 2.13 bits per heavy atom. The number of nitrogens with two attached hydrogens (primary N) is 1. The maximum absolute atomic E-state index is 12.1. The molecule has 0 saturated carbocycles. The monoisotopic (exact) mass is 423 g/mol. The van der Waals surface area contributed by atoms with Crippen molar-refractivity contribution in [1.82, 2.24) is 9.88 Å². The Morgan fingerprint density at radius 3 is 2.81 bits per heavy atom. The number of aromatic nitrogens is 1. The van der Waals surface area contributed by atoms with Crippen LogP contribution in [0.15, 0.2) is 36.4 Å². The molecule has 0 radical (unpaired) electrons. The van der Waals surface area contributed by atoms with Gasteiger partial charge in [-0.05, 0) is 36.8 Å². The molecule has 1 atom stereocenters. The van der Waals surface area contributed by atoms with Crippen molar-refractivity contribution in [2.45, 2.75) is 25.6 Å². The van der Waals surface area contributed by atoms with Crippen molar-refractivity contribution in [3.8, 4) is 23.1 Å². The third-order valence-electron chi connectivity index (χ3n) is 4.86. The smallest absolute Gasteiger partial charge is 0.267 e. The molecule has 0 unspecified atom stereocenters. The standard InChI is InChI=1S/C23H25N3O5/c1-3-30-15-31-14-17-12-19(25-20(13-17)21(24)27)18-6-4-5-16(11-18)7-8-23(29)9-10-26(2)22(23)28/h4-6,11-13,29H,3,9-10,14-15H2,1-2H3,(H2,24,27)/t23-/m0/s1. The maximum Gasteiger partial charge on any atom is 0.267 e. The van der Waals surface area contributed by atoms with Crippen LogP contribution >= 0.6 is 0 Å². The lowest BCUT2D eigenvalue weighted by Gasteiger charge is -2.13. The van der Waals surface area contributed by atoms with Gasteiger partial charge in [0.1, 0.15) is 12.5 Å². The lowest BCUT2D eigenvalue weighted by Crippen LogP contribution is -2.37. The Kier molecular flexibility index (Phi) is 7.02. The summed E-state index contributed by atoms with van der Waals surface area (Å²) in [5.41, 5.74) is 6.47. The minimum absolute atomic E-state index is 0.123. The lowest BCUT2D eigenvalue weighted by molar-refractivity contribution is -0.137. The largest absolute Gasteiger partial charge is 0.369 e. The first kappa shape index (κ1) is 22.4. The predicted octanol–water partition coefficient (Wildman–Crippen LogP) is 1.30. The minimum atomic E-state index is -1.67. The Labute approximate surface area is 181 Å². The van der Waals surface area contributed by atoms with E-state index >= 15 is 0 Å². The van der Waals surface area contributed by atoms with E-state index in [2.05, 4.69) is 16.8 Å². The predicted molar refractivity (Wildman–Crippen MR) is 114 cm³/mol. The van der Waals surface area contributed by atoms with Crippen molar-refractivity contribution in [3.05, 3.63) is 53.2 Å². The Morgan fingerprint density at radius 1 is 1.32 bits per heavy atom. The molecule has 1 fully saturated rings. The average molecular weight is 423 g/mol. The molecular weight excluding hydrogens is 398 g/mol. The number of nitrogens with zero attached hydrogens (tertiary/aromatic N) is 2. The molecule has 1 aromatic heterocycles. The highest BCUT2D eigenvalue weighted by Gasteiger charge is 2.42. The van der Waals surface area contributed by atoms with E-state index in [4.69, 9.17) is 15.2 Å². The van der Waals surface area contributed by atoms with Crippen molar-refractivity contribution < 1.29 is 24.2 Å². The molecule has 3 rings (SSSR count). The molecule has 8 heteroatoms. The highest BCUT2D eigenvalue weighted by Crippen LogP contribution is 2.23. The number of benzene rings is 1. The van der Waals surface area contributed by atoms with E-state index in [1.165, 1.54) is 4.90 Å². The van der Waals surface area contributed by atoms with Gasteiger partial charge in [-0.25, -0.2) is 4.98 Å². The summed E-state index contributed by atoms with van der Waals surface area (Å²) in [5.74, 6) is 4.54. The van der Waals surface area contributed by atoms with Gasteiger partial charge in [0.05, 0.1) is 12.3 Å². The van der Waals surface area contributed by atoms with Crippen LogP contribution in [0, 0.1) is 11.8 Å². The number of carbonyl (C=O) groups excluding carboxylic acids is 2. The molecule has 8 nitrogen and oxygen atoms in total. The lowest BCUT2D eigenvalue weighted by atomic mass is 10.0. The van der Waals surface area contributed by atoms with E-state index in [0.29, 0.717) is 30.0 Å². The van der Waals surface area contributed by atoms with E-state index in [1.54, 1.807) is 37.4 Å². The molecule has 2 aromatic rings. The zero-order chi connectivity index (χ0) is 22.4. The number of primary amides is 1. The van der Waals surface area contributed by atoms with Crippen LogP contribution in [-0.2, 0) is 20.9 Å². The van der Waals surface area contributed by atoms with Gasteiger partial charge in [-0.15, -0.1) is 0 Å². The van der Waals surface area contributed by atoms with Crippen LogP contribution in [0.2, 0.25) is 0 Å². The number of hydrogen-bond donors (Lipinski definition) is 2. The fraction of sp³-hybridized carbons (Fsp3) is 0.348. The van der Waals surface area contributed by atoms with E-state index in [1.807, 2.05) is 13.0 Å². The molecule has 1 aromatic carbocycles. The van der Waals surface area contributed by atoms with Gasteiger partial charge in [0, 0.05) is 37.7 Å². The van der Waals surface area contributed by atoms with Crippen LogP contribution in [0.25, 0.3) is 11.3 Å². The molecule has 2 amide bonds. The second kappa shape index (κ2) is 9.71. The molecule has 162 valence electrons. The van der Waals surface area contributed by atoms with Gasteiger partial charge >= 0.3 is 0 Å². The fourth-order valence-corrected chi connectivity index (χ4v) is 3.15. The van der Waals surface area contributed by atoms with Crippen LogP contribution in [-0.4, -0.2) is 59.4 Å². The number of likely N-dealkylation sites (tertiary alicyclic amines) is 1. The van der Waals surface area contributed by atoms with Crippen LogP contribution in [0.5, 0.6) is 0 Å². The first-order chi connectivity index (χ1) is 14.8. The van der Waals surface area contributed by atoms with Crippen molar-refractivity contribution in [3.63, 3.8) is 0 Å². The van der Waals surface area contributed by atoms with Crippen molar-refractivity contribution in [2.75, 3.05) is 27.0 Å². The second-order valence-corrected chi connectivity index (χ2v) is 7.24. The molecule has 0 aliphatic carbocycles.